The van der Waals surface area contributed by atoms with Crippen LogP contribution in [0, 0.1) is 0 Å². The fourth-order valence-corrected chi connectivity index (χ4v) is 2.38. The van der Waals surface area contributed by atoms with Gasteiger partial charge in [0.2, 0.25) is 0 Å². The molecule has 0 saturated heterocycles. The maximum absolute atomic E-state index is 4.07. The zero-order valence-corrected chi connectivity index (χ0v) is 9.03. The average molecular weight is 250 g/mol. The van der Waals surface area contributed by atoms with E-state index in [1.165, 1.54) is 11.1 Å². The first-order valence-corrected chi connectivity index (χ1v) is 5.33. The lowest BCUT2D eigenvalue weighted by atomic mass is 9.99. The molecular weight excluding hydrogens is 242 g/mol. The van der Waals surface area contributed by atoms with Crippen molar-refractivity contribution in [2.45, 2.75) is 13.0 Å². The number of benzene rings is 1. The van der Waals surface area contributed by atoms with Crippen LogP contribution in [0.1, 0.15) is 5.56 Å². The van der Waals surface area contributed by atoms with Crippen LogP contribution < -0.4 is 0 Å². The van der Waals surface area contributed by atoms with E-state index in [0.717, 1.165) is 23.3 Å². The van der Waals surface area contributed by atoms with Crippen molar-refractivity contribution in [2.24, 2.45) is 0 Å². The largest absolute Gasteiger partial charge is 0.243 e. The molecule has 1 aromatic carbocycles. The second-order valence-electron chi connectivity index (χ2n) is 3.36. The summed E-state index contributed by atoms with van der Waals surface area (Å²) in [4.78, 5) is 0. The van der Waals surface area contributed by atoms with Gasteiger partial charge in [0.25, 0.3) is 0 Å². The smallest absolute Gasteiger partial charge is 0.156 e. The van der Waals surface area contributed by atoms with Gasteiger partial charge in [0.1, 0.15) is 5.69 Å². The zero-order valence-electron chi connectivity index (χ0n) is 7.44. The van der Waals surface area contributed by atoms with Crippen molar-refractivity contribution in [2.75, 3.05) is 0 Å². The molecule has 0 bridgehead atoms. The van der Waals surface area contributed by atoms with Crippen LogP contribution in [-0.4, -0.2) is 15.0 Å². The Labute approximate surface area is 89.9 Å². The van der Waals surface area contributed by atoms with Gasteiger partial charge < -0.3 is 0 Å². The average Bonchev–Trinajstić information content (AvgIpc) is 2.61. The lowest BCUT2D eigenvalue weighted by Crippen LogP contribution is -2.11. The second kappa shape index (κ2) is 2.92. The van der Waals surface area contributed by atoms with E-state index in [1.54, 1.807) is 0 Å². The number of aryl methyl sites for hydroxylation is 2. The van der Waals surface area contributed by atoms with E-state index in [2.05, 4.69) is 44.4 Å². The van der Waals surface area contributed by atoms with Crippen LogP contribution in [0.2, 0.25) is 0 Å². The molecule has 1 aromatic heterocycles. The van der Waals surface area contributed by atoms with Crippen LogP contribution in [0.15, 0.2) is 28.9 Å². The van der Waals surface area contributed by atoms with Gasteiger partial charge in [-0.15, -0.1) is 5.10 Å². The number of halogens is 1. The molecule has 0 atom stereocenters. The monoisotopic (exact) mass is 249 g/mol. The minimum atomic E-state index is 0.838. The Hall–Kier alpha value is -1.16. The molecule has 1 aliphatic heterocycles. The van der Waals surface area contributed by atoms with Crippen LogP contribution >= 0.6 is 15.9 Å². The molecule has 0 amide bonds. The van der Waals surface area contributed by atoms with Crippen LogP contribution in [0.4, 0.5) is 0 Å². The summed E-state index contributed by atoms with van der Waals surface area (Å²) in [5.74, 6) is 0. The summed E-state index contributed by atoms with van der Waals surface area (Å²) in [6.45, 7) is 0.922. The normalized spacial score (nSPS) is 13.5. The Morgan fingerprint density at radius 2 is 2.14 bits per heavy atom. The van der Waals surface area contributed by atoms with Gasteiger partial charge in [0.05, 0.1) is 0 Å². The van der Waals surface area contributed by atoms with Crippen molar-refractivity contribution in [1.82, 2.24) is 15.0 Å². The van der Waals surface area contributed by atoms with E-state index in [1.807, 2.05) is 10.7 Å². The Morgan fingerprint density at radius 1 is 1.29 bits per heavy atom. The first-order chi connectivity index (χ1) is 6.86. The third-order valence-electron chi connectivity index (χ3n) is 2.56. The van der Waals surface area contributed by atoms with Crippen molar-refractivity contribution in [1.29, 1.82) is 0 Å². The second-order valence-corrected chi connectivity index (χ2v) is 4.11. The van der Waals surface area contributed by atoms with Crippen LogP contribution in [-0.2, 0) is 13.0 Å². The molecule has 14 heavy (non-hydrogen) atoms. The van der Waals surface area contributed by atoms with Crippen molar-refractivity contribution in [3.63, 3.8) is 0 Å². The fourth-order valence-electron chi connectivity index (χ4n) is 1.89. The van der Waals surface area contributed by atoms with Crippen molar-refractivity contribution < 1.29 is 0 Å². The molecule has 0 spiro atoms. The molecule has 3 rings (SSSR count). The van der Waals surface area contributed by atoms with E-state index < -0.39 is 0 Å². The number of hydrogen-bond acceptors (Lipinski definition) is 2. The SMILES string of the molecule is Brc1nnn2c1-c1ccccc1CC2. The summed E-state index contributed by atoms with van der Waals surface area (Å²) in [7, 11) is 0. The van der Waals surface area contributed by atoms with Gasteiger partial charge in [-0.25, -0.2) is 4.68 Å². The quantitative estimate of drug-likeness (QED) is 0.718. The maximum atomic E-state index is 4.07. The molecule has 0 saturated carbocycles. The highest BCUT2D eigenvalue weighted by atomic mass is 79.9. The molecule has 70 valence electrons. The number of rotatable bonds is 0. The van der Waals surface area contributed by atoms with Crippen LogP contribution in [0.25, 0.3) is 11.3 Å². The van der Waals surface area contributed by atoms with E-state index in [4.69, 9.17) is 0 Å². The summed E-state index contributed by atoms with van der Waals surface area (Å²) in [5.41, 5.74) is 3.73. The standard InChI is InChI=1S/C10H8BrN3/c11-10-9-8-4-2-1-3-7(8)5-6-14(9)13-12-10/h1-4H,5-6H2. The van der Waals surface area contributed by atoms with Gasteiger partial charge in [-0.3, -0.25) is 0 Å². The molecular formula is C10H8BrN3. The number of nitrogens with zero attached hydrogens (tertiary/aromatic N) is 3. The van der Waals surface area contributed by atoms with E-state index >= 15 is 0 Å². The molecule has 3 nitrogen and oxygen atoms in total. The number of fused-ring (bicyclic) bond motifs is 3. The van der Waals surface area contributed by atoms with Crippen LogP contribution in [0.3, 0.4) is 0 Å². The zero-order chi connectivity index (χ0) is 9.54. The summed E-state index contributed by atoms with van der Waals surface area (Å²) in [6, 6.07) is 8.41. The molecule has 0 unspecified atom stereocenters. The molecule has 2 heterocycles. The first kappa shape index (κ1) is 8.17. The molecule has 4 heteroatoms. The predicted octanol–water partition coefficient (Wildman–Crippen LogP) is 2.26. The Kier molecular flexibility index (Phi) is 1.70. The summed E-state index contributed by atoms with van der Waals surface area (Å²) < 4.78 is 2.79. The maximum Gasteiger partial charge on any atom is 0.156 e. The highest BCUT2D eigenvalue weighted by Gasteiger charge is 2.19. The Morgan fingerprint density at radius 3 is 3.07 bits per heavy atom. The van der Waals surface area contributed by atoms with Gasteiger partial charge in [-0.2, -0.15) is 0 Å². The summed E-state index contributed by atoms with van der Waals surface area (Å²) >= 11 is 3.43. The minimum Gasteiger partial charge on any atom is -0.243 e. The third-order valence-corrected chi connectivity index (χ3v) is 3.09. The highest BCUT2D eigenvalue weighted by Crippen LogP contribution is 2.32. The summed E-state index contributed by atoms with van der Waals surface area (Å²) in [6.07, 6.45) is 1.04. The Balaban J connectivity index is 2.32. The van der Waals surface area contributed by atoms with Gasteiger partial charge in [0, 0.05) is 12.1 Å². The topological polar surface area (TPSA) is 30.7 Å². The van der Waals surface area contributed by atoms with Crippen molar-refractivity contribution >= 4 is 15.9 Å². The van der Waals surface area contributed by atoms with Gasteiger partial charge in [-0.05, 0) is 27.9 Å². The van der Waals surface area contributed by atoms with Crippen molar-refractivity contribution in [3.05, 3.63) is 34.4 Å². The molecule has 2 aromatic rings. The fraction of sp³-hybridized carbons (Fsp3) is 0.200. The van der Waals surface area contributed by atoms with Crippen LogP contribution in [0.5, 0.6) is 0 Å². The lowest BCUT2D eigenvalue weighted by Gasteiger charge is -2.16. The van der Waals surface area contributed by atoms with Gasteiger partial charge >= 0.3 is 0 Å². The lowest BCUT2D eigenvalue weighted by molar-refractivity contribution is 0.583. The molecule has 0 fully saturated rings. The summed E-state index contributed by atoms with van der Waals surface area (Å²) in [5, 5.41) is 8.10. The molecule has 0 N–H and O–H groups in total. The first-order valence-electron chi connectivity index (χ1n) is 4.53. The minimum absolute atomic E-state index is 0.838. The van der Waals surface area contributed by atoms with Gasteiger partial charge in [-0.1, -0.05) is 29.5 Å². The number of hydrogen-bond donors (Lipinski definition) is 0. The number of aromatic nitrogens is 3. The molecule has 1 aliphatic rings. The van der Waals surface area contributed by atoms with Gasteiger partial charge in [0.15, 0.2) is 4.60 Å². The van der Waals surface area contributed by atoms with Crippen molar-refractivity contribution in [3.8, 4) is 11.3 Å². The Bertz CT molecular complexity index is 490. The molecule has 0 aliphatic carbocycles. The third kappa shape index (κ3) is 1.04. The van der Waals surface area contributed by atoms with E-state index in [0.29, 0.717) is 0 Å². The highest BCUT2D eigenvalue weighted by molar-refractivity contribution is 9.10. The molecule has 0 radical (unpaired) electrons. The predicted molar refractivity (Wildman–Crippen MR) is 56.9 cm³/mol. The van der Waals surface area contributed by atoms with E-state index in [-0.39, 0.29) is 0 Å². The van der Waals surface area contributed by atoms with E-state index in [9.17, 15) is 0 Å².